The van der Waals surface area contributed by atoms with Crippen molar-refractivity contribution in [1.29, 1.82) is 0 Å². The molecule has 0 saturated carbocycles. The first-order valence-corrected chi connectivity index (χ1v) is 22.9. The molecular weight excluding hydrogens is 819 g/mol. The second-order valence-electron chi connectivity index (χ2n) is 18.3. The lowest BCUT2D eigenvalue weighted by Gasteiger charge is -2.42. The summed E-state index contributed by atoms with van der Waals surface area (Å²) in [7, 11) is 2.14. The fraction of sp³-hybridized carbons (Fsp3) is 0.0667. The molecule has 0 radical (unpaired) electrons. The zero-order chi connectivity index (χ0) is 44.5. The maximum atomic E-state index is 5.75. The van der Waals surface area contributed by atoms with Gasteiger partial charge < -0.3 is 9.13 Å². The SMILES string of the molecule is C[n+]1c(-c2ccccc2)ccc2c3nccnc3c3ccc(N4c5ccc(-n6c7ccccc7c7ccccc76)cc5C(C)(C)c5cc(-n6c7ccccc7c7ccccc76)ccc54)nc3c21. The second kappa shape index (κ2) is 13.9. The third-order valence-corrected chi connectivity index (χ3v) is 14.4. The molecule has 0 unspecified atom stereocenters. The van der Waals surface area contributed by atoms with Gasteiger partial charge in [-0.2, -0.15) is 4.57 Å². The number of aryl methyl sites for hydroxylation is 1. The summed E-state index contributed by atoms with van der Waals surface area (Å²) in [6, 6.07) is 68.3. The lowest BCUT2D eigenvalue weighted by Crippen LogP contribution is -2.33. The minimum Gasteiger partial charge on any atom is -0.309 e. The van der Waals surface area contributed by atoms with Crippen LogP contribution in [0.15, 0.2) is 200 Å². The minimum atomic E-state index is -0.420. The van der Waals surface area contributed by atoms with E-state index in [2.05, 4.69) is 228 Å². The summed E-state index contributed by atoms with van der Waals surface area (Å²) >= 11 is 0. The molecule has 316 valence electrons. The zero-order valence-electron chi connectivity index (χ0n) is 37.2. The van der Waals surface area contributed by atoms with Crippen molar-refractivity contribution in [2.45, 2.75) is 19.3 Å². The van der Waals surface area contributed by atoms with Gasteiger partial charge in [-0.1, -0.05) is 105 Å². The minimum absolute atomic E-state index is 0.420. The van der Waals surface area contributed by atoms with E-state index in [1.165, 1.54) is 54.7 Å². The molecule has 1 aliphatic rings. The zero-order valence-corrected chi connectivity index (χ0v) is 37.2. The Morgan fingerprint density at radius 2 is 0.896 bits per heavy atom. The highest BCUT2D eigenvalue weighted by atomic mass is 15.2. The number of pyridine rings is 2. The van der Waals surface area contributed by atoms with E-state index in [1.54, 1.807) is 12.4 Å². The van der Waals surface area contributed by atoms with Crippen LogP contribution in [0.4, 0.5) is 17.2 Å². The van der Waals surface area contributed by atoms with Gasteiger partial charge in [0, 0.05) is 67.7 Å². The van der Waals surface area contributed by atoms with Crippen molar-refractivity contribution in [1.82, 2.24) is 24.1 Å². The van der Waals surface area contributed by atoms with Crippen molar-refractivity contribution in [3.8, 4) is 22.6 Å². The van der Waals surface area contributed by atoms with E-state index in [1.807, 2.05) is 0 Å². The summed E-state index contributed by atoms with van der Waals surface area (Å²) in [6.07, 6.45) is 3.56. The number of fused-ring (bicyclic) bond motifs is 14. The molecule has 7 nitrogen and oxygen atoms in total. The molecule has 6 heterocycles. The van der Waals surface area contributed by atoms with E-state index in [9.17, 15) is 0 Å². The molecule has 0 N–H and O–H groups in total. The fourth-order valence-electron chi connectivity index (χ4n) is 11.3. The molecule has 5 aromatic heterocycles. The predicted molar refractivity (Wildman–Crippen MR) is 274 cm³/mol. The van der Waals surface area contributed by atoms with Crippen LogP contribution in [0, 0.1) is 0 Å². The van der Waals surface area contributed by atoms with Crippen molar-refractivity contribution in [3.63, 3.8) is 0 Å². The van der Waals surface area contributed by atoms with Crippen LogP contribution in [0.5, 0.6) is 0 Å². The summed E-state index contributed by atoms with van der Waals surface area (Å²) in [5.41, 5.74) is 17.0. The molecule has 0 bridgehead atoms. The van der Waals surface area contributed by atoms with Crippen molar-refractivity contribution >= 4 is 93.6 Å². The largest absolute Gasteiger partial charge is 0.309 e. The fourth-order valence-corrected chi connectivity index (χ4v) is 11.3. The van der Waals surface area contributed by atoms with Crippen molar-refractivity contribution in [2.24, 2.45) is 7.05 Å². The Hall–Kier alpha value is -8.68. The molecule has 14 rings (SSSR count). The number of aromatic nitrogens is 6. The third-order valence-electron chi connectivity index (χ3n) is 14.4. The molecule has 8 aromatic carbocycles. The first-order valence-electron chi connectivity index (χ1n) is 22.9. The lowest BCUT2D eigenvalue weighted by molar-refractivity contribution is -0.632. The van der Waals surface area contributed by atoms with Crippen LogP contribution in [-0.4, -0.2) is 24.1 Å². The van der Waals surface area contributed by atoms with E-state index >= 15 is 0 Å². The van der Waals surface area contributed by atoms with Crippen LogP contribution in [0.1, 0.15) is 25.0 Å². The number of nitrogens with zero attached hydrogens (tertiary/aromatic N) is 7. The average Bonchev–Trinajstić information content (AvgIpc) is 3.90. The molecule has 13 aromatic rings. The normalized spacial score (nSPS) is 13.4. The summed E-state index contributed by atoms with van der Waals surface area (Å²) < 4.78 is 7.12. The molecule has 0 fully saturated rings. The van der Waals surface area contributed by atoms with Gasteiger partial charge >= 0.3 is 0 Å². The molecular formula is C60H42N7+. The Balaban J connectivity index is 1.06. The van der Waals surface area contributed by atoms with Crippen LogP contribution in [-0.2, 0) is 12.5 Å². The number of benzene rings is 8. The smallest absolute Gasteiger partial charge is 0.241 e. The topological polar surface area (TPSA) is 55.6 Å². The molecule has 1 aliphatic heterocycles. The van der Waals surface area contributed by atoms with Gasteiger partial charge in [0.15, 0.2) is 0 Å². The number of hydrogen-bond acceptors (Lipinski definition) is 4. The van der Waals surface area contributed by atoms with E-state index < -0.39 is 5.41 Å². The van der Waals surface area contributed by atoms with Crippen LogP contribution < -0.4 is 9.47 Å². The first kappa shape index (κ1) is 37.7. The van der Waals surface area contributed by atoms with Crippen molar-refractivity contribution in [3.05, 3.63) is 212 Å². The third kappa shape index (κ3) is 5.28. The van der Waals surface area contributed by atoms with E-state index in [4.69, 9.17) is 15.0 Å². The highest BCUT2D eigenvalue weighted by Crippen LogP contribution is 2.53. The summed E-state index contributed by atoms with van der Waals surface area (Å²) in [6.45, 7) is 4.76. The summed E-state index contributed by atoms with van der Waals surface area (Å²) in [4.78, 5) is 18.0. The van der Waals surface area contributed by atoms with Gasteiger partial charge in [0.1, 0.15) is 23.9 Å². The van der Waals surface area contributed by atoms with Gasteiger partial charge in [0.25, 0.3) is 0 Å². The molecule has 0 aliphatic carbocycles. The Labute approximate surface area is 386 Å². The Bertz CT molecular complexity index is 3940. The van der Waals surface area contributed by atoms with Gasteiger partial charge in [-0.25, -0.2) is 4.98 Å². The molecule has 0 atom stereocenters. The monoisotopic (exact) mass is 860 g/mol. The summed E-state index contributed by atoms with van der Waals surface area (Å²) in [5, 5.41) is 6.94. The molecule has 7 heteroatoms. The van der Waals surface area contributed by atoms with Gasteiger partial charge in [-0.3, -0.25) is 14.9 Å². The number of rotatable bonds is 4. The van der Waals surface area contributed by atoms with Crippen molar-refractivity contribution < 1.29 is 4.57 Å². The molecule has 0 saturated heterocycles. The number of anilines is 3. The van der Waals surface area contributed by atoms with Crippen LogP contribution >= 0.6 is 0 Å². The van der Waals surface area contributed by atoms with Gasteiger partial charge in [-0.15, -0.1) is 0 Å². The Morgan fingerprint density at radius 3 is 1.42 bits per heavy atom. The van der Waals surface area contributed by atoms with Crippen molar-refractivity contribution in [2.75, 3.05) is 4.90 Å². The number of para-hydroxylation sites is 4. The Morgan fingerprint density at radius 1 is 0.433 bits per heavy atom. The quantitative estimate of drug-likeness (QED) is 0.131. The maximum absolute atomic E-state index is 5.75. The standard InChI is InChI=1S/C60H42N7/c1-60(2)46-35-38(65-49-21-11-7-17-40(49)41-18-8-12-22-50(41)65)25-29-53(46)67(54-30-26-39(36-47(54)60)66-51-23-13-9-19-42(51)43-20-10-14-24-52(43)66)55-32-28-44-56-57(62-34-33-61-56)45-27-31-48(37-15-5-4-6-16-37)64(3)59(45)58(44)63-55/h4-36H,1-3H3/q+1. The maximum Gasteiger partial charge on any atom is 0.241 e. The number of hydrogen-bond donors (Lipinski definition) is 0. The van der Waals surface area contributed by atoms with E-state index in [-0.39, 0.29) is 0 Å². The highest BCUT2D eigenvalue weighted by molar-refractivity contribution is 6.20. The molecule has 0 spiro atoms. The second-order valence-corrected chi connectivity index (χ2v) is 18.3. The first-order chi connectivity index (χ1) is 32.9. The average molecular weight is 861 g/mol. The molecule has 0 amide bonds. The molecule has 67 heavy (non-hydrogen) atoms. The summed E-state index contributed by atoms with van der Waals surface area (Å²) in [5.74, 6) is 0.828. The van der Waals surface area contributed by atoms with Gasteiger partial charge in [-0.05, 0) is 102 Å². The van der Waals surface area contributed by atoms with Crippen LogP contribution in [0.2, 0.25) is 0 Å². The highest BCUT2D eigenvalue weighted by Gasteiger charge is 2.39. The van der Waals surface area contributed by atoms with Crippen LogP contribution in [0.25, 0.3) is 99.1 Å². The van der Waals surface area contributed by atoms with E-state index in [0.717, 1.165) is 72.7 Å². The van der Waals surface area contributed by atoms with Gasteiger partial charge in [0.2, 0.25) is 11.2 Å². The van der Waals surface area contributed by atoms with Gasteiger partial charge in [0.05, 0.1) is 44.3 Å². The van der Waals surface area contributed by atoms with Crippen LogP contribution in [0.3, 0.4) is 0 Å². The van der Waals surface area contributed by atoms with E-state index in [0.29, 0.717) is 0 Å². The lowest BCUT2D eigenvalue weighted by atomic mass is 9.73. The predicted octanol–water partition coefficient (Wildman–Crippen LogP) is 14.1. The Kier molecular flexibility index (Phi) is 7.82.